The van der Waals surface area contributed by atoms with Crippen LogP contribution in [-0.2, 0) is 0 Å². The molecule has 0 aliphatic rings. The molecule has 0 radical (unpaired) electrons. The molecule has 0 saturated heterocycles. The molecule has 0 unspecified atom stereocenters. The summed E-state index contributed by atoms with van der Waals surface area (Å²) in [7, 11) is 0. The number of nitrogens with zero attached hydrogens (tertiary/aromatic N) is 4. The van der Waals surface area contributed by atoms with E-state index in [1.165, 1.54) is 6.07 Å². The Hall–Kier alpha value is -8.19. The number of rotatable bonds is 6. The summed E-state index contributed by atoms with van der Waals surface area (Å²) in [4.78, 5) is 15.7. The topological polar surface area (TPSA) is 56.7 Å². The molecule has 0 aliphatic carbocycles. The van der Waals surface area contributed by atoms with Gasteiger partial charge in [-0.3, -0.25) is 0 Å². The Kier molecular flexibility index (Phi) is 6.57. The third-order valence-electron chi connectivity index (χ3n) is 11.8. The number of aromatic nitrogens is 4. The predicted octanol–water partition coefficient (Wildman–Crippen LogP) is 15.6. The minimum absolute atomic E-state index is 0.0600. The van der Waals surface area contributed by atoms with Gasteiger partial charge in [0.15, 0.2) is 17.5 Å². The van der Waals surface area contributed by atoms with Crippen LogP contribution in [0.4, 0.5) is 0 Å². The summed E-state index contributed by atoms with van der Waals surface area (Å²) in [5.41, 5.74) is 8.23. The molecule has 0 bridgehead atoms. The van der Waals surface area contributed by atoms with Crippen LogP contribution < -0.4 is 0 Å². The van der Waals surface area contributed by atoms with Crippen LogP contribution >= 0.6 is 11.3 Å². The maximum Gasteiger partial charge on any atom is 0.166 e. The van der Waals surface area contributed by atoms with Crippen LogP contribution in [0.15, 0.2) is 211 Å². The Morgan fingerprint density at radius 3 is 2.02 bits per heavy atom. The van der Waals surface area contributed by atoms with Crippen molar-refractivity contribution in [1.29, 1.82) is 0 Å². The normalized spacial score (nSPS) is 13.4. The van der Waals surface area contributed by atoms with Crippen LogP contribution in [0.5, 0.6) is 0 Å². The van der Waals surface area contributed by atoms with Gasteiger partial charge in [-0.25, -0.2) is 15.0 Å². The van der Waals surface area contributed by atoms with E-state index in [-0.39, 0.29) is 57.8 Å². The van der Waals surface area contributed by atoms with Gasteiger partial charge in [0.05, 0.1) is 26.3 Å². The molecule has 4 heterocycles. The lowest BCUT2D eigenvalue weighted by molar-refractivity contribution is 0.670. The summed E-state index contributed by atoms with van der Waals surface area (Å²) < 4.78 is 72.7. The Labute approximate surface area is 375 Å². The van der Waals surface area contributed by atoms with Gasteiger partial charge in [-0.2, -0.15) is 0 Å². The smallest absolute Gasteiger partial charge is 0.166 e. The zero-order chi connectivity index (χ0) is 47.5. The average Bonchev–Trinajstić information content (AvgIpc) is 4.10. The van der Waals surface area contributed by atoms with Gasteiger partial charge >= 0.3 is 0 Å². The molecule has 0 spiro atoms. The van der Waals surface area contributed by atoms with E-state index in [1.807, 2.05) is 84.9 Å². The summed E-state index contributed by atoms with van der Waals surface area (Å²) in [5, 5.41) is 4.36. The lowest BCUT2D eigenvalue weighted by Gasteiger charge is -2.15. The number of benzene rings is 9. The van der Waals surface area contributed by atoms with Crippen LogP contribution in [0.2, 0.25) is 0 Å². The van der Waals surface area contributed by atoms with Crippen LogP contribution in [0.3, 0.4) is 0 Å². The van der Waals surface area contributed by atoms with Crippen molar-refractivity contribution in [2.45, 2.75) is 0 Å². The summed E-state index contributed by atoms with van der Waals surface area (Å²) in [5.74, 6) is 1.08. The van der Waals surface area contributed by atoms with E-state index in [1.54, 1.807) is 28.0 Å². The molecule has 294 valence electrons. The van der Waals surface area contributed by atoms with E-state index in [0.29, 0.717) is 28.5 Å². The van der Waals surface area contributed by atoms with Crippen molar-refractivity contribution in [3.63, 3.8) is 0 Å². The Morgan fingerprint density at radius 2 is 1.10 bits per heavy atom. The Morgan fingerprint density at radius 1 is 0.429 bits per heavy atom. The molecule has 0 aliphatic heterocycles. The molecule has 9 aromatic carbocycles. The molecule has 63 heavy (non-hydrogen) atoms. The second-order valence-electron chi connectivity index (χ2n) is 15.4. The Balaban J connectivity index is 1.05. The molecule has 0 amide bonds. The van der Waals surface area contributed by atoms with E-state index in [9.17, 15) is 2.74 Å². The van der Waals surface area contributed by atoms with Crippen LogP contribution in [0.25, 0.3) is 126 Å². The zero-order valence-corrected chi connectivity index (χ0v) is 34.0. The van der Waals surface area contributed by atoms with Crippen LogP contribution in [0.1, 0.15) is 9.60 Å². The minimum Gasteiger partial charge on any atom is -0.455 e. The lowest BCUT2D eigenvalue weighted by atomic mass is 9.99. The van der Waals surface area contributed by atoms with Gasteiger partial charge in [0.2, 0.25) is 0 Å². The minimum atomic E-state index is -0.468. The molecule has 0 saturated carbocycles. The first-order chi connectivity index (χ1) is 34.1. The molecular weight excluding hydrogens is 789 g/mol. The van der Waals surface area contributed by atoms with E-state index >= 15 is 0 Å². The number of fused-ring (bicyclic) bond motifs is 9. The molecule has 0 N–H and O–H groups in total. The van der Waals surface area contributed by atoms with Gasteiger partial charge in [-0.05, 0) is 71.2 Å². The highest BCUT2D eigenvalue weighted by molar-refractivity contribution is 7.26. The van der Waals surface area contributed by atoms with Crippen molar-refractivity contribution in [1.82, 2.24) is 19.5 Å². The van der Waals surface area contributed by atoms with Gasteiger partial charge in [0.1, 0.15) is 11.2 Å². The molecule has 0 fully saturated rings. The third-order valence-corrected chi connectivity index (χ3v) is 13.0. The fourth-order valence-corrected chi connectivity index (χ4v) is 10.1. The number of hydrogen-bond acceptors (Lipinski definition) is 5. The summed E-state index contributed by atoms with van der Waals surface area (Å²) >= 11 is 1.66. The quantitative estimate of drug-likeness (QED) is 0.167. The first-order valence-electron chi connectivity index (χ1n) is 24.0. The average molecular weight is 830 g/mol. The summed E-state index contributed by atoms with van der Waals surface area (Å²) in [6, 6.07) is 51.5. The van der Waals surface area contributed by atoms with Crippen LogP contribution in [-0.4, -0.2) is 19.5 Å². The number of hydrogen-bond donors (Lipinski definition) is 0. The van der Waals surface area contributed by atoms with Crippen molar-refractivity contribution < 1.29 is 14.0 Å². The molecule has 5 nitrogen and oxygen atoms in total. The fraction of sp³-hybridized carbons (Fsp3) is 0. The Bertz CT molecular complexity index is 4360. The van der Waals surface area contributed by atoms with E-state index in [4.69, 9.17) is 26.2 Å². The molecule has 0 atom stereocenters. The second-order valence-corrected chi connectivity index (χ2v) is 16.4. The molecular formula is C57H34N4OS. The van der Waals surface area contributed by atoms with Gasteiger partial charge in [0, 0.05) is 64.0 Å². The zero-order valence-electron chi connectivity index (χ0n) is 40.2. The summed E-state index contributed by atoms with van der Waals surface area (Å²) in [6.07, 6.45) is 0. The first kappa shape index (κ1) is 29.1. The van der Waals surface area contributed by atoms with Crippen molar-refractivity contribution >= 4 is 75.3 Å². The van der Waals surface area contributed by atoms with Gasteiger partial charge in [-0.15, -0.1) is 11.3 Å². The summed E-state index contributed by atoms with van der Waals surface area (Å²) in [6.45, 7) is 0. The lowest BCUT2D eigenvalue weighted by Crippen LogP contribution is -2.03. The highest BCUT2D eigenvalue weighted by Crippen LogP contribution is 2.42. The van der Waals surface area contributed by atoms with Gasteiger partial charge in [0.25, 0.3) is 0 Å². The van der Waals surface area contributed by atoms with Crippen LogP contribution in [0, 0.1) is 0 Å². The predicted molar refractivity (Wildman–Crippen MR) is 262 cm³/mol. The van der Waals surface area contributed by atoms with Crippen molar-refractivity contribution in [3.8, 4) is 62.1 Å². The van der Waals surface area contributed by atoms with Crippen molar-refractivity contribution in [2.24, 2.45) is 0 Å². The SMILES string of the molecule is [2H]c1cc([2H])c2c(c1[2H])c1c([2H])c([2H])c([2H])c([2H])c1n2-c1ccccc1-c1nc(-c2cccc(-c3cccc4c3oc3ccc(-c5ccccc5)cc34)c2)nc(-c2cccc3c2sc2ccccc23)n1. The number of para-hydroxylation sites is 4. The number of thiophene rings is 1. The highest BCUT2D eigenvalue weighted by atomic mass is 32.1. The fourth-order valence-electron chi connectivity index (χ4n) is 8.90. The van der Waals surface area contributed by atoms with E-state index < -0.39 is 12.1 Å². The van der Waals surface area contributed by atoms with E-state index in [2.05, 4.69) is 60.7 Å². The second kappa shape index (κ2) is 14.2. The molecule has 13 aromatic rings. The highest BCUT2D eigenvalue weighted by Gasteiger charge is 2.21. The van der Waals surface area contributed by atoms with E-state index in [0.717, 1.165) is 69.9 Å². The maximum absolute atomic E-state index is 9.22. The standard InChI is InChI=1S/C57H34N4OS/c1-2-15-35(16-3-1)36-31-32-51-47(34-36)43-24-13-23-39(53(43)62-51)37-17-12-18-38(33-37)55-58-56(60-57(59-55)46-26-14-25-44-42-21-7-11-30-52(42)63-54(44)46)45-22-6-10-29-50(45)61-48-27-8-4-19-40(48)41-20-5-9-28-49(41)61/h1-34H/i4D,5D,8D,19D,20D,27D,28D. The van der Waals surface area contributed by atoms with Gasteiger partial charge < -0.3 is 8.98 Å². The molecule has 4 aromatic heterocycles. The first-order valence-corrected chi connectivity index (χ1v) is 21.3. The maximum atomic E-state index is 9.22. The largest absolute Gasteiger partial charge is 0.455 e. The van der Waals surface area contributed by atoms with Gasteiger partial charge in [-0.1, -0.05) is 152 Å². The third kappa shape index (κ3) is 5.73. The number of furan rings is 1. The molecule has 6 heteroatoms. The monoisotopic (exact) mass is 829 g/mol. The molecule has 13 rings (SSSR count). The van der Waals surface area contributed by atoms with Crippen molar-refractivity contribution in [2.75, 3.05) is 0 Å². The van der Waals surface area contributed by atoms with Crippen molar-refractivity contribution in [3.05, 3.63) is 206 Å².